The highest BCUT2D eigenvalue weighted by Gasteiger charge is 2.33. The maximum absolute atomic E-state index is 14.1. The highest BCUT2D eigenvalue weighted by atomic mass is 79.9. The summed E-state index contributed by atoms with van der Waals surface area (Å²) < 4.78 is 32.8. The van der Waals surface area contributed by atoms with E-state index in [-0.39, 0.29) is 24.9 Å². The molecule has 3 aromatic rings. The molecule has 10 heteroatoms. The van der Waals surface area contributed by atoms with Crippen LogP contribution in [0.3, 0.4) is 0 Å². The third-order valence-electron chi connectivity index (χ3n) is 6.53. The molecule has 0 radical (unpaired) electrons. The molecule has 0 bridgehead atoms. The molecule has 0 aliphatic rings. The zero-order valence-electron chi connectivity index (χ0n) is 23.2. The topological polar surface area (TPSA) is 96.0 Å². The normalized spacial score (nSPS) is 12.7. The lowest BCUT2D eigenvalue weighted by molar-refractivity contribution is -0.140. The quantitative estimate of drug-likeness (QED) is 0.294. The number of benzene rings is 3. The summed E-state index contributed by atoms with van der Waals surface area (Å²) in [6.07, 6.45) is 2.04. The predicted octanol–water partition coefficient (Wildman–Crippen LogP) is 4.78. The number of halogens is 1. The van der Waals surface area contributed by atoms with Gasteiger partial charge in [-0.3, -0.25) is 13.9 Å². The third kappa shape index (κ3) is 8.82. The smallest absolute Gasteiger partial charge is 0.244 e. The summed E-state index contributed by atoms with van der Waals surface area (Å²) in [5.41, 5.74) is 1.97. The van der Waals surface area contributed by atoms with Crippen LogP contribution in [0, 0.1) is 0 Å². The maximum atomic E-state index is 14.1. The van der Waals surface area contributed by atoms with E-state index in [0.717, 1.165) is 28.1 Å². The van der Waals surface area contributed by atoms with Gasteiger partial charge in [0.2, 0.25) is 21.8 Å². The number of ether oxygens (including phenoxy) is 1. The molecule has 40 heavy (non-hydrogen) atoms. The van der Waals surface area contributed by atoms with Crippen LogP contribution in [0.2, 0.25) is 0 Å². The first-order valence-corrected chi connectivity index (χ1v) is 15.7. The number of sulfonamides is 1. The molecule has 0 spiro atoms. The number of hydrogen-bond donors (Lipinski definition) is 1. The fraction of sp³-hybridized carbons (Fsp3) is 0.333. The number of methoxy groups -OCH3 is 1. The van der Waals surface area contributed by atoms with Gasteiger partial charge >= 0.3 is 0 Å². The second kappa shape index (κ2) is 14.3. The van der Waals surface area contributed by atoms with Crippen molar-refractivity contribution in [2.75, 3.05) is 24.2 Å². The van der Waals surface area contributed by atoms with Crippen LogP contribution in [-0.4, -0.2) is 57.1 Å². The molecular weight excluding hydrogens is 594 g/mol. The van der Waals surface area contributed by atoms with Crippen molar-refractivity contribution in [3.63, 3.8) is 0 Å². The lowest BCUT2D eigenvalue weighted by Crippen LogP contribution is -2.54. The molecule has 3 rings (SSSR count). The van der Waals surface area contributed by atoms with Gasteiger partial charge in [0, 0.05) is 23.5 Å². The van der Waals surface area contributed by atoms with Crippen LogP contribution in [0.1, 0.15) is 31.4 Å². The summed E-state index contributed by atoms with van der Waals surface area (Å²) in [6.45, 7) is 3.49. The summed E-state index contributed by atoms with van der Waals surface area (Å²) in [7, 11) is -2.27. The molecule has 0 fully saturated rings. The number of rotatable bonds is 13. The Balaban J connectivity index is 2.07. The Morgan fingerprint density at radius 1 is 0.975 bits per heavy atom. The standard InChI is InChI=1S/C30H36BrN3O5S/c1-5-22(2)32-30(36)28(18-23-11-7-6-8-12-23)33(20-24-13-9-16-27(17-24)39-3)29(35)21-34(40(4,37)38)26-15-10-14-25(31)19-26/h6-17,19,22,28H,5,18,20-21H2,1-4H3,(H,32,36)/t22-,28+/m0/s1. The van der Waals surface area contributed by atoms with Crippen molar-refractivity contribution in [2.45, 2.75) is 45.3 Å². The van der Waals surface area contributed by atoms with Crippen molar-refractivity contribution >= 4 is 43.5 Å². The van der Waals surface area contributed by atoms with E-state index >= 15 is 0 Å². The predicted molar refractivity (Wildman–Crippen MR) is 162 cm³/mol. The van der Waals surface area contributed by atoms with E-state index in [4.69, 9.17) is 4.74 Å². The highest BCUT2D eigenvalue weighted by Crippen LogP contribution is 2.24. The summed E-state index contributed by atoms with van der Waals surface area (Å²) >= 11 is 3.38. The molecule has 0 aromatic heterocycles. The molecule has 3 aromatic carbocycles. The fourth-order valence-electron chi connectivity index (χ4n) is 4.21. The molecule has 0 saturated heterocycles. The van der Waals surface area contributed by atoms with Crippen molar-refractivity contribution < 1.29 is 22.7 Å². The molecule has 0 saturated carbocycles. The Morgan fingerprint density at radius 2 is 1.65 bits per heavy atom. The minimum absolute atomic E-state index is 0.0809. The molecule has 2 atom stereocenters. The van der Waals surface area contributed by atoms with Gasteiger partial charge < -0.3 is 15.0 Å². The van der Waals surface area contributed by atoms with Gasteiger partial charge in [0.25, 0.3) is 0 Å². The second-order valence-corrected chi connectivity index (χ2v) is 12.5. The van der Waals surface area contributed by atoms with Gasteiger partial charge in [-0.1, -0.05) is 71.4 Å². The second-order valence-electron chi connectivity index (χ2n) is 9.65. The van der Waals surface area contributed by atoms with Gasteiger partial charge in [0.15, 0.2) is 0 Å². The van der Waals surface area contributed by atoms with Crippen LogP contribution in [0.4, 0.5) is 5.69 Å². The molecule has 214 valence electrons. The summed E-state index contributed by atoms with van der Waals surface area (Å²) in [5.74, 6) is -0.197. The van der Waals surface area contributed by atoms with Gasteiger partial charge in [-0.15, -0.1) is 0 Å². The summed E-state index contributed by atoms with van der Waals surface area (Å²) in [6, 6.07) is 22.5. The molecule has 2 amide bonds. The molecule has 8 nitrogen and oxygen atoms in total. The zero-order valence-corrected chi connectivity index (χ0v) is 25.6. The van der Waals surface area contributed by atoms with Gasteiger partial charge in [0.1, 0.15) is 18.3 Å². The molecule has 0 unspecified atom stereocenters. The molecular formula is C30H36BrN3O5S. The Hall–Kier alpha value is -3.37. The van der Waals surface area contributed by atoms with Crippen LogP contribution in [0.25, 0.3) is 0 Å². The Labute approximate surface area is 245 Å². The summed E-state index contributed by atoms with van der Waals surface area (Å²) in [4.78, 5) is 29.3. The van der Waals surface area contributed by atoms with Crippen LogP contribution >= 0.6 is 15.9 Å². The Kier molecular flexibility index (Phi) is 11.2. The minimum atomic E-state index is -3.83. The van der Waals surface area contributed by atoms with E-state index in [1.165, 1.54) is 4.90 Å². The van der Waals surface area contributed by atoms with E-state index in [1.54, 1.807) is 43.5 Å². The van der Waals surface area contributed by atoms with Crippen molar-refractivity contribution in [1.29, 1.82) is 0 Å². The number of nitrogens with one attached hydrogen (secondary N) is 1. The average molecular weight is 631 g/mol. The van der Waals surface area contributed by atoms with Crippen molar-refractivity contribution in [3.8, 4) is 5.75 Å². The van der Waals surface area contributed by atoms with E-state index in [0.29, 0.717) is 15.9 Å². The Morgan fingerprint density at radius 3 is 2.27 bits per heavy atom. The van der Waals surface area contributed by atoms with Gasteiger partial charge in [-0.25, -0.2) is 8.42 Å². The third-order valence-corrected chi connectivity index (χ3v) is 8.17. The van der Waals surface area contributed by atoms with Crippen LogP contribution in [0.15, 0.2) is 83.3 Å². The molecule has 0 heterocycles. The van der Waals surface area contributed by atoms with Crippen LogP contribution in [-0.2, 0) is 32.6 Å². The molecule has 1 N–H and O–H groups in total. The highest BCUT2D eigenvalue weighted by molar-refractivity contribution is 9.10. The van der Waals surface area contributed by atoms with E-state index in [9.17, 15) is 18.0 Å². The number of hydrogen-bond acceptors (Lipinski definition) is 5. The zero-order chi connectivity index (χ0) is 29.3. The van der Waals surface area contributed by atoms with Crippen LogP contribution < -0.4 is 14.4 Å². The SMILES string of the molecule is CC[C@H](C)NC(=O)[C@@H](Cc1ccccc1)N(Cc1cccc(OC)c1)C(=O)CN(c1cccc(Br)c1)S(C)(=O)=O. The number of carbonyl (C=O) groups is 2. The lowest BCUT2D eigenvalue weighted by Gasteiger charge is -2.34. The van der Waals surface area contributed by atoms with Gasteiger partial charge in [-0.05, 0) is 54.8 Å². The molecule has 0 aliphatic heterocycles. The monoisotopic (exact) mass is 629 g/mol. The minimum Gasteiger partial charge on any atom is -0.497 e. The van der Waals surface area contributed by atoms with E-state index < -0.39 is 28.5 Å². The number of carbonyl (C=O) groups excluding carboxylic acids is 2. The van der Waals surface area contributed by atoms with E-state index in [2.05, 4.69) is 21.2 Å². The van der Waals surface area contributed by atoms with Crippen molar-refractivity contribution in [2.24, 2.45) is 0 Å². The lowest BCUT2D eigenvalue weighted by atomic mass is 10.0. The maximum Gasteiger partial charge on any atom is 0.244 e. The van der Waals surface area contributed by atoms with Crippen LogP contribution in [0.5, 0.6) is 5.75 Å². The average Bonchev–Trinajstić information content (AvgIpc) is 2.93. The first kappa shape index (κ1) is 31.2. The van der Waals surface area contributed by atoms with E-state index in [1.807, 2.05) is 56.3 Å². The van der Waals surface area contributed by atoms with Crippen molar-refractivity contribution in [3.05, 3.63) is 94.5 Å². The molecule has 0 aliphatic carbocycles. The van der Waals surface area contributed by atoms with Gasteiger partial charge in [0.05, 0.1) is 19.1 Å². The number of anilines is 1. The first-order chi connectivity index (χ1) is 19.0. The first-order valence-electron chi connectivity index (χ1n) is 13.0. The Bertz CT molecular complexity index is 1400. The summed E-state index contributed by atoms with van der Waals surface area (Å²) in [5, 5.41) is 3.02. The largest absolute Gasteiger partial charge is 0.497 e. The number of nitrogens with zero attached hydrogens (tertiary/aromatic N) is 2. The van der Waals surface area contributed by atoms with Crippen molar-refractivity contribution in [1.82, 2.24) is 10.2 Å². The fourth-order valence-corrected chi connectivity index (χ4v) is 5.44. The number of amides is 2. The van der Waals surface area contributed by atoms with Gasteiger partial charge in [-0.2, -0.15) is 0 Å².